The predicted octanol–water partition coefficient (Wildman–Crippen LogP) is 14.6. The zero-order chi connectivity index (χ0) is 38.5. The molecular weight excluding hydrogens is 741 g/mol. The zero-order valence-corrected chi connectivity index (χ0v) is 34.1. The van der Waals surface area contributed by atoms with Gasteiger partial charge in [-0.2, -0.15) is 0 Å². The van der Waals surface area contributed by atoms with Crippen molar-refractivity contribution in [3.05, 3.63) is 196 Å². The van der Waals surface area contributed by atoms with E-state index in [9.17, 15) is 0 Å². The minimum absolute atomic E-state index is 0.0364. The first kappa shape index (κ1) is 34.1. The Labute approximate surface area is 347 Å². The first-order valence-electron chi connectivity index (χ1n) is 20.5. The summed E-state index contributed by atoms with van der Waals surface area (Å²) in [4.78, 5) is 8.24. The Hall–Kier alpha value is -5.94. The SMILES string of the molecule is CC1C=Cc2c(c3c(C4=NC(c5ccccc5)=C5Sc6ccccc6C5N4)cc(C4=CC=C(c5ccc6c(c5)sc5ccccc56)CC4C)cc3c3ccccc23)C1. The summed E-state index contributed by atoms with van der Waals surface area (Å²) >= 11 is 3.76. The number of allylic oxidation sites excluding steroid dienone is 5. The van der Waals surface area contributed by atoms with Crippen LogP contribution in [0.2, 0.25) is 0 Å². The Balaban J connectivity index is 1.07. The van der Waals surface area contributed by atoms with E-state index in [1.165, 1.54) is 96.0 Å². The predicted molar refractivity (Wildman–Crippen MR) is 250 cm³/mol. The molecule has 278 valence electrons. The first-order chi connectivity index (χ1) is 28.6. The van der Waals surface area contributed by atoms with Crippen molar-refractivity contribution in [2.75, 3.05) is 0 Å². The molecule has 58 heavy (non-hydrogen) atoms. The number of nitrogens with one attached hydrogen (secondary N) is 1. The summed E-state index contributed by atoms with van der Waals surface area (Å²) in [5, 5.41) is 12.0. The molecule has 4 aliphatic rings. The molecule has 0 amide bonds. The van der Waals surface area contributed by atoms with E-state index in [1.807, 2.05) is 23.1 Å². The van der Waals surface area contributed by atoms with Crippen LogP contribution < -0.4 is 5.32 Å². The molecular formula is C54H40N2S2. The van der Waals surface area contributed by atoms with Crippen LogP contribution in [-0.4, -0.2) is 5.84 Å². The number of aliphatic imine (C=N–C) groups is 1. The molecule has 2 aliphatic heterocycles. The quantitative estimate of drug-likeness (QED) is 0.180. The summed E-state index contributed by atoms with van der Waals surface area (Å²) < 4.78 is 2.71. The van der Waals surface area contributed by atoms with Crippen LogP contribution in [0.4, 0.5) is 0 Å². The highest BCUT2D eigenvalue weighted by molar-refractivity contribution is 8.03. The summed E-state index contributed by atoms with van der Waals surface area (Å²) in [7, 11) is 0. The molecule has 0 bridgehead atoms. The second-order valence-corrected chi connectivity index (χ2v) is 18.6. The summed E-state index contributed by atoms with van der Waals surface area (Å²) in [6.07, 6.45) is 11.5. The van der Waals surface area contributed by atoms with Crippen molar-refractivity contribution in [2.24, 2.45) is 16.8 Å². The average molecular weight is 781 g/mol. The van der Waals surface area contributed by atoms with Gasteiger partial charge in [0.15, 0.2) is 0 Å². The standard InChI is InChI=1S/C54H40N2S2/c1-31-20-23-40-38-14-6-7-15-39(38)45-28-36(37-24-21-34(27-32(37)2)35-22-25-42-41-16-8-10-18-47(41)57-49(42)30-35)29-46(50(45)44(40)26-31)54-55-51(33-12-4-3-5-13-33)53-52(56-54)43-17-9-11-19-48(43)58-53/h3-25,28-32,52H,26-27H2,1-2H3,(H,55,56). The normalized spacial score (nSPS) is 19.8. The zero-order valence-electron chi connectivity index (χ0n) is 32.4. The molecule has 4 heteroatoms. The minimum Gasteiger partial charge on any atom is -0.358 e. The van der Waals surface area contributed by atoms with E-state index in [2.05, 4.69) is 177 Å². The maximum absolute atomic E-state index is 5.66. The van der Waals surface area contributed by atoms with Gasteiger partial charge in [0, 0.05) is 41.1 Å². The van der Waals surface area contributed by atoms with Gasteiger partial charge in [0.1, 0.15) is 5.84 Å². The number of hydrogen-bond acceptors (Lipinski definition) is 4. The van der Waals surface area contributed by atoms with E-state index in [-0.39, 0.29) is 6.04 Å². The van der Waals surface area contributed by atoms with Gasteiger partial charge in [-0.1, -0.05) is 153 Å². The highest BCUT2D eigenvalue weighted by Crippen LogP contribution is 2.53. The molecule has 1 aromatic heterocycles. The van der Waals surface area contributed by atoms with Crippen molar-refractivity contribution in [1.82, 2.24) is 5.32 Å². The van der Waals surface area contributed by atoms with Crippen molar-refractivity contribution in [3.63, 3.8) is 0 Å². The van der Waals surface area contributed by atoms with Gasteiger partial charge >= 0.3 is 0 Å². The lowest BCUT2D eigenvalue weighted by Gasteiger charge is -2.29. The maximum Gasteiger partial charge on any atom is 0.135 e. The van der Waals surface area contributed by atoms with Crippen LogP contribution in [0, 0.1) is 11.8 Å². The number of thiophene rings is 1. The topological polar surface area (TPSA) is 24.4 Å². The Morgan fingerprint density at radius 1 is 0.638 bits per heavy atom. The van der Waals surface area contributed by atoms with E-state index in [4.69, 9.17) is 4.99 Å². The van der Waals surface area contributed by atoms with Crippen LogP contribution in [-0.2, 0) is 6.42 Å². The van der Waals surface area contributed by atoms with Gasteiger partial charge in [-0.05, 0) is 116 Å². The number of amidine groups is 1. The van der Waals surface area contributed by atoms with Crippen LogP contribution in [0.5, 0.6) is 0 Å². The highest BCUT2D eigenvalue weighted by atomic mass is 32.2. The number of hydrogen-bond donors (Lipinski definition) is 1. The van der Waals surface area contributed by atoms with E-state index < -0.39 is 0 Å². The molecule has 0 fully saturated rings. The van der Waals surface area contributed by atoms with Gasteiger partial charge < -0.3 is 5.32 Å². The molecule has 0 saturated carbocycles. The van der Waals surface area contributed by atoms with Crippen LogP contribution >= 0.6 is 23.1 Å². The van der Waals surface area contributed by atoms with Crippen LogP contribution in [0.1, 0.15) is 65.3 Å². The smallest absolute Gasteiger partial charge is 0.135 e. The van der Waals surface area contributed by atoms with Gasteiger partial charge in [-0.15, -0.1) is 11.3 Å². The Morgan fingerprint density at radius 2 is 1.41 bits per heavy atom. The number of nitrogens with zero attached hydrogens (tertiary/aromatic N) is 1. The Bertz CT molecular complexity index is 3210. The molecule has 3 heterocycles. The largest absolute Gasteiger partial charge is 0.358 e. The van der Waals surface area contributed by atoms with E-state index in [0.29, 0.717) is 11.8 Å². The second-order valence-electron chi connectivity index (χ2n) is 16.4. The van der Waals surface area contributed by atoms with Crippen LogP contribution in [0.25, 0.3) is 64.6 Å². The average Bonchev–Trinajstić information content (AvgIpc) is 3.84. The first-order valence-corrected chi connectivity index (χ1v) is 22.1. The van der Waals surface area contributed by atoms with Gasteiger partial charge in [0.2, 0.25) is 0 Å². The monoisotopic (exact) mass is 780 g/mol. The maximum atomic E-state index is 5.66. The number of fused-ring (bicyclic) bond motifs is 12. The molecule has 0 radical (unpaired) electrons. The van der Waals surface area contributed by atoms with Crippen molar-refractivity contribution >= 4 is 93.6 Å². The van der Waals surface area contributed by atoms with Crippen molar-refractivity contribution in [3.8, 4) is 0 Å². The molecule has 0 spiro atoms. The van der Waals surface area contributed by atoms with Crippen molar-refractivity contribution < 1.29 is 0 Å². The molecule has 2 aliphatic carbocycles. The van der Waals surface area contributed by atoms with Gasteiger partial charge in [0.25, 0.3) is 0 Å². The van der Waals surface area contributed by atoms with Crippen LogP contribution in [0.3, 0.4) is 0 Å². The molecule has 3 atom stereocenters. The number of benzene rings is 7. The summed E-state index contributed by atoms with van der Waals surface area (Å²) in [6.45, 7) is 4.75. The molecule has 7 aromatic carbocycles. The van der Waals surface area contributed by atoms with Gasteiger partial charge in [-0.25, -0.2) is 4.99 Å². The molecule has 2 nitrogen and oxygen atoms in total. The lowest BCUT2D eigenvalue weighted by Crippen LogP contribution is -2.32. The summed E-state index contributed by atoms with van der Waals surface area (Å²) in [5.74, 6) is 1.74. The summed E-state index contributed by atoms with van der Waals surface area (Å²) in [5.41, 5.74) is 12.9. The third-order valence-electron chi connectivity index (χ3n) is 12.7. The van der Waals surface area contributed by atoms with Crippen molar-refractivity contribution in [2.45, 2.75) is 37.6 Å². The fourth-order valence-corrected chi connectivity index (χ4v) is 12.4. The van der Waals surface area contributed by atoms with E-state index >= 15 is 0 Å². The highest BCUT2D eigenvalue weighted by Gasteiger charge is 2.36. The minimum atomic E-state index is 0.0364. The molecule has 8 aromatic rings. The van der Waals surface area contributed by atoms with Crippen molar-refractivity contribution in [1.29, 1.82) is 0 Å². The van der Waals surface area contributed by atoms with E-state index in [0.717, 1.165) is 29.9 Å². The molecule has 3 unspecified atom stereocenters. The second kappa shape index (κ2) is 13.3. The van der Waals surface area contributed by atoms with Gasteiger partial charge in [0.05, 0.1) is 11.7 Å². The Kier molecular flexibility index (Phi) is 7.83. The molecule has 1 N–H and O–H groups in total. The third kappa shape index (κ3) is 5.35. The number of thioether (sulfide) groups is 1. The third-order valence-corrected chi connectivity index (χ3v) is 15.1. The lowest BCUT2D eigenvalue weighted by molar-refractivity contribution is 0.722. The number of rotatable bonds is 4. The Morgan fingerprint density at radius 3 is 2.29 bits per heavy atom. The fraction of sp³-hybridized carbons (Fsp3) is 0.130. The van der Waals surface area contributed by atoms with E-state index in [1.54, 1.807) is 0 Å². The molecule has 0 saturated heterocycles. The van der Waals surface area contributed by atoms with Gasteiger partial charge in [-0.3, -0.25) is 0 Å². The lowest BCUT2D eigenvalue weighted by atomic mass is 9.78. The molecule has 12 rings (SSSR count). The fourth-order valence-electron chi connectivity index (χ4n) is 9.95. The summed E-state index contributed by atoms with van der Waals surface area (Å²) in [6, 6.07) is 49.5. The van der Waals surface area contributed by atoms with Crippen LogP contribution in [0.15, 0.2) is 166 Å².